The van der Waals surface area contributed by atoms with E-state index in [1.807, 2.05) is 0 Å². The van der Waals surface area contributed by atoms with E-state index in [4.69, 9.17) is 9.47 Å². The summed E-state index contributed by atoms with van der Waals surface area (Å²) in [5, 5.41) is 13.7. The molecule has 0 radical (unpaired) electrons. The Morgan fingerprint density at radius 1 is 1.35 bits per heavy atom. The van der Waals surface area contributed by atoms with Crippen LogP contribution in [0.25, 0.3) is 0 Å². The average molecular weight is 390 g/mol. The SMILES string of the molecule is C[C@@H](O)CC(=O)OCC(C)(C)[C@H]1OC(=O)SCCNC(=O)CCNC1=O. The first-order valence-electron chi connectivity index (χ1n) is 8.33. The minimum atomic E-state index is -1.19. The lowest BCUT2D eigenvalue weighted by Crippen LogP contribution is -2.49. The van der Waals surface area contributed by atoms with Crippen molar-refractivity contribution in [1.29, 1.82) is 0 Å². The number of thioether (sulfide) groups is 1. The van der Waals surface area contributed by atoms with Crippen LogP contribution >= 0.6 is 11.8 Å². The molecule has 0 aliphatic carbocycles. The Bertz CT molecular complexity index is 537. The molecule has 1 rings (SSSR count). The van der Waals surface area contributed by atoms with Crippen molar-refractivity contribution in [3.8, 4) is 0 Å². The zero-order valence-corrected chi connectivity index (χ0v) is 16.0. The van der Waals surface area contributed by atoms with Crippen molar-refractivity contribution in [1.82, 2.24) is 10.6 Å². The Hall–Kier alpha value is -1.81. The fraction of sp³-hybridized carbons (Fsp3) is 0.750. The van der Waals surface area contributed by atoms with Crippen molar-refractivity contribution >= 4 is 34.8 Å². The number of nitrogens with one attached hydrogen (secondary N) is 2. The van der Waals surface area contributed by atoms with Gasteiger partial charge in [-0.15, -0.1) is 0 Å². The van der Waals surface area contributed by atoms with Gasteiger partial charge in [0.2, 0.25) is 5.91 Å². The molecule has 0 aromatic rings. The lowest BCUT2D eigenvalue weighted by atomic mass is 9.86. The minimum Gasteiger partial charge on any atom is -0.465 e. The third kappa shape index (κ3) is 8.05. The van der Waals surface area contributed by atoms with Gasteiger partial charge in [0, 0.05) is 30.7 Å². The normalized spacial score (nSPS) is 21.4. The molecule has 1 fully saturated rings. The van der Waals surface area contributed by atoms with Gasteiger partial charge < -0.3 is 25.2 Å². The topological polar surface area (TPSA) is 131 Å². The van der Waals surface area contributed by atoms with E-state index in [1.165, 1.54) is 6.92 Å². The predicted molar refractivity (Wildman–Crippen MR) is 94.4 cm³/mol. The fourth-order valence-corrected chi connectivity index (χ4v) is 2.68. The second kappa shape index (κ2) is 10.4. The number of hydrogen-bond donors (Lipinski definition) is 3. The zero-order valence-electron chi connectivity index (χ0n) is 15.2. The van der Waals surface area contributed by atoms with E-state index in [9.17, 15) is 24.3 Å². The summed E-state index contributed by atoms with van der Waals surface area (Å²) < 4.78 is 10.4. The molecule has 3 N–H and O–H groups in total. The molecule has 10 heteroatoms. The number of hydrogen-bond acceptors (Lipinski definition) is 8. The predicted octanol–water partition coefficient (Wildman–Crippen LogP) is 0.201. The summed E-state index contributed by atoms with van der Waals surface area (Å²) in [6, 6.07) is 0. The zero-order chi connectivity index (χ0) is 19.7. The molecule has 0 spiro atoms. The van der Waals surface area contributed by atoms with Crippen LogP contribution in [0.2, 0.25) is 0 Å². The van der Waals surface area contributed by atoms with Crippen LogP contribution in [0.15, 0.2) is 0 Å². The summed E-state index contributed by atoms with van der Waals surface area (Å²) in [5.41, 5.74) is -0.999. The monoisotopic (exact) mass is 390 g/mol. The van der Waals surface area contributed by atoms with Gasteiger partial charge in [-0.3, -0.25) is 14.4 Å². The maximum Gasteiger partial charge on any atom is 0.368 e. The molecule has 0 bridgehead atoms. The van der Waals surface area contributed by atoms with Gasteiger partial charge >= 0.3 is 11.3 Å². The quantitative estimate of drug-likeness (QED) is 0.568. The summed E-state index contributed by atoms with van der Waals surface area (Å²) in [6.07, 6.45) is -2.08. The molecular formula is C16H26N2O7S. The van der Waals surface area contributed by atoms with E-state index < -0.39 is 34.8 Å². The highest BCUT2D eigenvalue weighted by Gasteiger charge is 2.40. The van der Waals surface area contributed by atoms with Gasteiger partial charge in [0.25, 0.3) is 5.91 Å². The second-order valence-corrected chi connectivity index (χ2v) is 7.72. The maximum atomic E-state index is 12.4. The number of aliphatic hydroxyl groups is 1. The van der Waals surface area contributed by atoms with Crippen LogP contribution in [0, 0.1) is 5.41 Å². The second-order valence-electron chi connectivity index (χ2n) is 6.69. The molecule has 1 aliphatic heterocycles. The van der Waals surface area contributed by atoms with Crippen LogP contribution in [-0.2, 0) is 23.9 Å². The molecule has 0 aromatic heterocycles. The molecule has 0 saturated carbocycles. The number of ether oxygens (including phenoxy) is 2. The van der Waals surface area contributed by atoms with Crippen LogP contribution in [0.4, 0.5) is 4.79 Å². The van der Waals surface area contributed by atoms with E-state index in [1.54, 1.807) is 13.8 Å². The number of amides is 2. The molecule has 1 saturated heterocycles. The van der Waals surface area contributed by atoms with Crippen molar-refractivity contribution in [3.63, 3.8) is 0 Å². The lowest BCUT2D eigenvalue weighted by molar-refractivity contribution is -0.154. The summed E-state index contributed by atoms with van der Waals surface area (Å²) >= 11 is 0.851. The van der Waals surface area contributed by atoms with Crippen LogP contribution in [0.1, 0.15) is 33.6 Å². The van der Waals surface area contributed by atoms with Crippen LogP contribution < -0.4 is 10.6 Å². The lowest BCUT2D eigenvalue weighted by Gasteiger charge is -2.32. The van der Waals surface area contributed by atoms with Gasteiger partial charge in [0.1, 0.15) is 6.61 Å². The first-order chi connectivity index (χ1) is 12.1. The molecule has 0 aromatic carbocycles. The summed E-state index contributed by atoms with van der Waals surface area (Å²) in [4.78, 5) is 47.6. The number of rotatable bonds is 5. The Labute approximate surface area is 156 Å². The van der Waals surface area contributed by atoms with Crippen LogP contribution in [0.3, 0.4) is 0 Å². The highest BCUT2D eigenvalue weighted by atomic mass is 32.2. The highest BCUT2D eigenvalue weighted by Crippen LogP contribution is 2.26. The Kier molecular flexibility index (Phi) is 8.86. The molecule has 2 amide bonds. The molecule has 1 heterocycles. The Morgan fingerprint density at radius 3 is 2.69 bits per heavy atom. The van der Waals surface area contributed by atoms with Gasteiger partial charge in [0.05, 0.1) is 12.5 Å². The average Bonchev–Trinajstić information content (AvgIpc) is 2.53. The number of carbonyl (C=O) groups is 4. The largest absolute Gasteiger partial charge is 0.465 e. The molecule has 9 nitrogen and oxygen atoms in total. The standard InChI is InChI=1S/C16H26N2O7S/c1-10(19)8-12(21)24-9-16(2,3)13-14(22)18-5-4-11(20)17-6-7-26-15(23)25-13/h10,13,19H,4-9H2,1-3H3,(H,17,20)(H,18,22)/t10-,13+/m1/s1. The Balaban J connectivity index is 2.80. The van der Waals surface area contributed by atoms with E-state index in [0.29, 0.717) is 12.3 Å². The maximum absolute atomic E-state index is 12.4. The first-order valence-corrected chi connectivity index (χ1v) is 9.32. The number of aliphatic hydroxyl groups excluding tert-OH is 1. The van der Waals surface area contributed by atoms with Crippen molar-refractivity contribution in [3.05, 3.63) is 0 Å². The molecule has 2 atom stereocenters. The number of cyclic esters (lactones) is 1. The molecule has 0 unspecified atom stereocenters. The van der Waals surface area contributed by atoms with Gasteiger partial charge in [-0.2, -0.15) is 0 Å². The van der Waals surface area contributed by atoms with Crippen molar-refractivity contribution < 1.29 is 33.8 Å². The van der Waals surface area contributed by atoms with Gasteiger partial charge in [0.15, 0.2) is 6.10 Å². The van der Waals surface area contributed by atoms with Gasteiger partial charge in [-0.05, 0) is 18.7 Å². The number of carbonyl (C=O) groups excluding carboxylic acids is 4. The van der Waals surface area contributed by atoms with Crippen LogP contribution in [-0.4, -0.2) is 65.8 Å². The van der Waals surface area contributed by atoms with E-state index in [0.717, 1.165) is 11.8 Å². The fourth-order valence-electron chi connectivity index (χ4n) is 2.15. The Morgan fingerprint density at radius 2 is 2.04 bits per heavy atom. The third-order valence-corrected chi connectivity index (χ3v) is 4.26. The summed E-state index contributed by atoms with van der Waals surface area (Å²) in [5.74, 6) is -1.08. The summed E-state index contributed by atoms with van der Waals surface area (Å²) in [6.45, 7) is 4.96. The highest BCUT2D eigenvalue weighted by molar-refractivity contribution is 8.13. The van der Waals surface area contributed by atoms with E-state index >= 15 is 0 Å². The molecule has 26 heavy (non-hydrogen) atoms. The molecule has 148 valence electrons. The van der Waals surface area contributed by atoms with Crippen molar-refractivity contribution in [2.24, 2.45) is 5.41 Å². The third-order valence-electron chi connectivity index (χ3n) is 3.52. The summed E-state index contributed by atoms with van der Waals surface area (Å²) in [7, 11) is 0. The van der Waals surface area contributed by atoms with Gasteiger partial charge in [-0.1, -0.05) is 13.8 Å². The smallest absolute Gasteiger partial charge is 0.368 e. The van der Waals surface area contributed by atoms with Crippen molar-refractivity contribution in [2.45, 2.75) is 45.8 Å². The first kappa shape index (κ1) is 22.2. The molecule has 1 aliphatic rings. The van der Waals surface area contributed by atoms with Gasteiger partial charge in [-0.25, -0.2) is 4.79 Å². The van der Waals surface area contributed by atoms with E-state index in [2.05, 4.69) is 10.6 Å². The van der Waals surface area contributed by atoms with E-state index in [-0.39, 0.29) is 31.9 Å². The minimum absolute atomic E-state index is 0.101. The number of esters is 1. The van der Waals surface area contributed by atoms with Crippen molar-refractivity contribution in [2.75, 3.05) is 25.4 Å². The molecular weight excluding hydrogens is 364 g/mol. The van der Waals surface area contributed by atoms with Crippen LogP contribution in [0.5, 0.6) is 0 Å².